The van der Waals surface area contributed by atoms with E-state index in [0.29, 0.717) is 23.3 Å². The quantitative estimate of drug-likeness (QED) is 0.697. The summed E-state index contributed by atoms with van der Waals surface area (Å²) in [4.78, 5) is 15.3. The molecule has 0 spiro atoms. The summed E-state index contributed by atoms with van der Waals surface area (Å²) in [7, 11) is 0. The van der Waals surface area contributed by atoms with E-state index in [-0.39, 0.29) is 29.3 Å². The Hall–Kier alpha value is -2.78. The second kappa shape index (κ2) is 7.81. The largest absolute Gasteiger partial charge is 0.417 e. The van der Waals surface area contributed by atoms with E-state index >= 15 is 0 Å². The molecule has 3 heterocycles. The van der Waals surface area contributed by atoms with E-state index in [4.69, 9.17) is 10.5 Å². The zero-order valence-electron chi connectivity index (χ0n) is 16.6. The number of hydrogen-bond donors (Lipinski definition) is 1. The lowest BCUT2D eigenvalue weighted by Crippen LogP contribution is -2.45. The molecule has 4 rings (SSSR count). The van der Waals surface area contributed by atoms with Gasteiger partial charge in [0.05, 0.1) is 40.9 Å². The maximum atomic E-state index is 13.4. The Labute approximate surface area is 171 Å². The molecule has 1 aliphatic heterocycles. The monoisotopic (exact) mass is 417 g/mol. The average molecular weight is 417 g/mol. The number of ether oxygens (including phenoxy) is 1. The smallest absolute Gasteiger partial charge is 0.383 e. The third-order valence-electron chi connectivity index (χ3n) is 5.03. The maximum absolute atomic E-state index is 13.4. The van der Waals surface area contributed by atoms with Crippen molar-refractivity contribution >= 4 is 16.7 Å². The van der Waals surface area contributed by atoms with Gasteiger partial charge in [-0.05, 0) is 26.0 Å². The van der Waals surface area contributed by atoms with Gasteiger partial charge in [0.25, 0.3) is 0 Å². The predicted octanol–water partition coefficient (Wildman–Crippen LogP) is 3.90. The van der Waals surface area contributed by atoms with Crippen LogP contribution in [0, 0.1) is 0 Å². The van der Waals surface area contributed by atoms with E-state index in [1.54, 1.807) is 6.07 Å². The van der Waals surface area contributed by atoms with Gasteiger partial charge in [-0.25, -0.2) is 9.97 Å². The normalized spacial score (nSPS) is 20.6. The molecule has 0 saturated carbocycles. The minimum atomic E-state index is -4.48. The van der Waals surface area contributed by atoms with Crippen LogP contribution in [0.5, 0.6) is 0 Å². The highest BCUT2D eigenvalue weighted by Crippen LogP contribution is 2.37. The lowest BCUT2D eigenvalue weighted by atomic mass is 10.0. The van der Waals surface area contributed by atoms with Gasteiger partial charge in [-0.15, -0.1) is 0 Å². The number of alkyl halides is 3. The van der Waals surface area contributed by atoms with Crippen molar-refractivity contribution in [1.29, 1.82) is 0 Å². The first-order valence-electron chi connectivity index (χ1n) is 9.67. The lowest BCUT2D eigenvalue weighted by molar-refractivity contribution is -0.137. The number of benzene rings is 1. The fourth-order valence-corrected chi connectivity index (χ4v) is 3.88. The van der Waals surface area contributed by atoms with Crippen LogP contribution in [-0.4, -0.2) is 45.1 Å². The molecule has 1 aliphatic rings. The van der Waals surface area contributed by atoms with Crippen LogP contribution in [0.2, 0.25) is 0 Å². The molecule has 1 fully saturated rings. The molecule has 2 aromatic heterocycles. The zero-order chi connectivity index (χ0) is 21.5. The molecule has 30 heavy (non-hydrogen) atoms. The lowest BCUT2D eigenvalue weighted by Gasteiger charge is -2.34. The number of hydrogen-bond acceptors (Lipinski definition) is 6. The molecule has 158 valence electrons. The van der Waals surface area contributed by atoms with Crippen molar-refractivity contribution in [2.45, 2.75) is 38.8 Å². The molecule has 0 amide bonds. The first-order valence-corrected chi connectivity index (χ1v) is 9.67. The number of rotatable bonds is 3. The standard InChI is InChI=1S/C21H22F3N5O/c1-12-9-29(10-13(2)30-12)11-19-27-18-7-17(26-8-15(18)20(25)28-19)14-5-3-4-6-16(14)21(22,23)24/h3-8,12-13H,9-11H2,1-2H3,(H2,25,27,28). The van der Waals surface area contributed by atoms with E-state index < -0.39 is 11.7 Å². The molecule has 1 saturated heterocycles. The number of morpholine rings is 1. The van der Waals surface area contributed by atoms with Crippen molar-refractivity contribution in [2.75, 3.05) is 18.8 Å². The molecule has 6 nitrogen and oxygen atoms in total. The van der Waals surface area contributed by atoms with Crippen LogP contribution >= 0.6 is 0 Å². The number of nitrogens with zero attached hydrogens (tertiary/aromatic N) is 4. The zero-order valence-corrected chi connectivity index (χ0v) is 16.6. The number of nitrogen functional groups attached to an aromatic ring is 1. The van der Waals surface area contributed by atoms with E-state index in [0.717, 1.165) is 19.2 Å². The van der Waals surface area contributed by atoms with Gasteiger partial charge in [-0.1, -0.05) is 18.2 Å². The van der Waals surface area contributed by atoms with Gasteiger partial charge in [-0.2, -0.15) is 13.2 Å². The van der Waals surface area contributed by atoms with Crippen LogP contribution in [0.1, 0.15) is 25.2 Å². The Morgan fingerprint density at radius 3 is 2.53 bits per heavy atom. The van der Waals surface area contributed by atoms with Gasteiger partial charge < -0.3 is 10.5 Å². The van der Waals surface area contributed by atoms with Crippen molar-refractivity contribution in [3.8, 4) is 11.3 Å². The second-order valence-corrected chi connectivity index (χ2v) is 7.61. The van der Waals surface area contributed by atoms with Crippen molar-refractivity contribution in [2.24, 2.45) is 0 Å². The van der Waals surface area contributed by atoms with E-state index in [9.17, 15) is 13.2 Å². The fourth-order valence-electron chi connectivity index (χ4n) is 3.88. The number of fused-ring (bicyclic) bond motifs is 1. The highest BCUT2D eigenvalue weighted by molar-refractivity contribution is 5.89. The van der Waals surface area contributed by atoms with E-state index in [2.05, 4.69) is 19.9 Å². The number of nitrogens with two attached hydrogens (primary N) is 1. The predicted molar refractivity (Wildman–Crippen MR) is 107 cm³/mol. The summed E-state index contributed by atoms with van der Waals surface area (Å²) < 4.78 is 46.0. The van der Waals surface area contributed by atoms with Gasteiger partial charge >= 0.3 is 6.18 Å². The summed E-state index contributed by atoms with van der Waals surface area (Å²) in [6.45, 7) is 5.98. The third kappa shape index (κ3) is 4.22. The Morgan fingerprint density at radius 1 is 1.13 bits per heavy atom. The minimum Gasteiger partial charge on any atom is -0.383 e. The van der Waals surface area contributed by atoms with Gasteiger partial charge in [-0.3, -0.25) is 9.88 Å². The van der Waals surface area contributed by atoms with Crippen LogP contribution < -0.4 is 5.73 Å². The van der Waals surface area contributed by atoms with E-state index in [1.807, 2.05) is 13.8 Å². The van der Waals surface area contributed by atoms with Crippen LogP contribution in [0.15, 0.2) is 36.5 Å². The highest BCUT2D eigenvalue weighted by atomic mass is 19.4. The van der Waals surface area contributed by atoms with Crippen molar-refractivity contribution in [1.82, 2.24) is 19.9 Å². The fraction of sp³-hybridized carbons (Fsp3) is 0.381. The SMILES string of the molecule is CC1CN(Cc2nc(N)c3cnc(-c4ccccc4C(F)(F)F)cc3n2)CC(C)O1. The molecule has 3 aromatic rings. The number of halogens is 3. The number of anilines is 1. The summed E-state index contributed by atoms with van der Waals surface area (Å²) in [6.07, 6.45) is -2.86. The van der Waals surface area contributed by atoms with Crippen molar-refractivity contribution < 1.29 is 17.9 Å². The molecule has 2 atom stereocenters. The highest BCUT2D eigenvalue weighted by Gasteiger charge is 2.33. The van der Waals surface area contributed by atoms with Gasteiger partial charge in [0, 0.05) is 24.8 Å². The first kappa shape index (κ1) is 20.5. The topological polar surface area (TPSA) is 77.2 Å². The third-order valence-corrected chi connectivity index (χ3v) is 5.03. The molecule has 2 N–H and O–H groups in total. The van der Waals surface area contributed by atoms with E-state index in [1.165, 1.54) is 24.4 Å². The molecule has 0 aliphatic carbocycles. The molecular formula is C21H22F3N5O. The minimum absolute atomic E-state index is 0.00135. The Balaban J connectivity index is 1.71. The molecule has 2 unspecified atom stereocenters. The van der Waals surface area contributed by atoms with Crippen molar-refractivity contribution in [3.63, 3.8) is 0 Å². The van der Waals surface area contributed by atoms with Gasteiger partial charge in [0.2, 0.25) is 0 Å². The maximum Gasteiger partial charge on any atom is 0.417 e. The number of aromatic nitrogens is 3. The van der Waals surface area contributed by atoms with Crippen LogP contribution in [0.4, 0.5) is 19.0 Å². The molecular weight excluding hydrogens is 395 g/mol. The van der Waals surface area contributed by atoms with Crippen LogP contribution in [0.3, 0.4) is 0 Å². The molecule has 9 heteroatoms. The number of pyridine rings is 1. The summed E-state index contributed by atoms with van der Waals surface area (Å²) >= 11 is 0. The second-order valence-electron chi connectivity index (χ2n) is 7.61. The Morgan fingerprint density at radius 2 is 1.83 bits per heavy atom. The summed E-state index contributed by atoms with van der Waals surface area (Å²) in [5.74, 6) is 0.773. The summed E-state index contributed by atoms with van der Waals surface area (Å²) in [6, 6.07) is 6.89. The summed E-state index contributed by atoms with van der Waals surface area (Å²) in [5, 5.41) is 0.510. The van der Waals surface area contributed by atoms with Crippen molar-refractivity contribution in [3.05, 3.63) is 47.9 Å². The molecule has 0 radical (unpaired) electrons. The average Bonchev–Trinajstić information content (AvgIpc) is 2.66. The van der Waals surface area contributed by atoms with Gasteiger partial charge in [0.1, 0.15) is 11.6 Å². The van der Waals surface area contributed by atoms with Crippen LogP contribution in [0.25, 0.3) is 22.2 Å². The summed E-state index contributed by atoms with van der Waals surface area (Å²) in [5.41, 5.74) is 6.01. The van der Waals surface area contributed by atoms with Gasteiger partial charge in [0.15, 0.2) is 0 Å². The first-order chi connectivity index (χ1) is 14.2. The molecule has 1 aromatic carbocycles. The van der Waals surface area contributed by atoms with Crippen LogP contribution in [-0.2, 0) is 17.5 Å². The Bertz CT molecular complexity index is 1060. The Kier molecular flexibility index (Phi) is 5.33. The molecule has 0 bridgehead atoms.